The molecule has 0 bridgehead atoms. The molecule has 2 aromatic carbocycles. The van der Waals surface area contributed by atoms with Gasteiger partial charge in [-0.25, -0.2) is 9.40 Å². The third-order valence-corrected chi connectivity index (χ3v) is 7.16. The molecule has 34 heavy (non-hydrogen) atoms. The Morgan fingerprint density at radius 2 is 2.00 bits per heavy atom. The van der Waals surface area contributed by atoms with Gasteiger partial charge >= 0.3 is 0 Å². The summed E-state index contributed by atoms with van der Waals surface area (Å²) < 4.78 is 19.4. The Hall–Kier alpha value is -3.52. The van der Waals surface area contributed by atoms with Crippen molar-refractivity contribution < 1.29 is 18.7 Å². The molecule has 5 rings (SSSR count). The number of carbonyl (C=O) groups is 2. The number of benzene rings is 2. The molecule has 0 saturated heterocycles. The van der Waals surface area contributed by atoms with E-state index in [1.807, 2.05) is 24.4 Å². The average Bonchev–Trinajstić information content (AvgIpc) is 3.54. The maximum Gasteiger partial charge on any atom is 0.281 e. The van der Waals surface area contributed by atoms with E-state index in [0.29, 0.717) is 37.2 Å². The van der Waals surface area contributed by atoms with Crippen LogP contribution in [0, 0.1) is 5.82 Å². The van der Waals surface area contributed by atoms with Crippen molar-refractivity contribution in [1.29, 1.82) is 0 Å². The van der Waals surface area contributed by atoms with Gasteiger partial charge in [-0.1, -0.05) is 24.3 Å². The molecule has 0 saturated carbocycles. The van der Waals surface area contributed by atoms with Crippen molar-refractivity contribution in [3.8, 4) is 5.75 Å². The molecule has 2 aliphatic heterocycles. The molecule has 0 unspecified atom stereocenters. The third kappa shape index (κ3) is 4.21. The van der Waals surface area contributed by atoms with Crippen LogP contribution in [-0.2, 0) is 11.2 Å². The van der Waals surface area contributed by atoms with Crippen molar-refractivity contribution >= 4 is 28.9 Å². The average molecular weight is 478 g/mol. The monoisotopic (exact) mass is 477 g/mol. The van der Waals surface area contributed by atoms with E-state index >= 15 is 0 Å². The summed E-state index contributed by atoms with van der Waals surface area (Å²) in [6.45, 7) is 3.04. The van der Waals surface area contributed by atoms with E-state index in [0.717, 1.165) is 21.7 Å². The van der Waals surface area contributed by atoms with Gasteiger partial charge in [-0.3, -0.25) is 9.59 Å². The Labute approximate surface area is 201 Å². The van der Waals surface area contributed by atoms with Crippen LogP contribution in [-0.4, -0.2) is 47.1 Å². The topological polar surface area (TPSA) is 62.2 Å². The normalized spacial score (nSPS) is 17.5. The molecule has 3 aromatic rings. The Morgan fingerprint density at radius 3 is 2.74 bits per heavy atom. The zero-order chi connectivity index (χ0) is 23.7. The van der Waals surface area contributed by atoms with Crippen LogP contribution in [0.2, 0.25) is 0 Å². The van der Waals surface area contributed by atoms with Crippen molar-refractivity contribution in [3.63, 3.8) is 0 Å². The van der Waals surface area contributed by atoms with Crippen LogP contribution < -0.4 is 4.74 Å². The number of hydrazone groups is 1. The lowest BCUT2D eigenvalue weighted by Gasteiger charge is -2.28. The molecular formula is C26H24FN3O3S. The highest BCUT2D eigenvalue weighted by Crippen LogP contribution is 2.34. The predicted octanol–water partition coefficient (Wildman–Crippen LogP) is 4.66. The van der Waals surface area contributed by atoms with Gasteiger partial charge in [0, 0.05) is 30.6 Å². The minimum atomic E-state index is -0.335. The highest BCUT2D eigenvalue weighted by atomic mass is 32.1. The summed E-state index contributed by atoms with van der Waals surface area (Å²) in [5, 5.41) is 8.04. The highest BCUT2D eigenvalue weighted by Gasteiger charge is 2.34. The minimum Gasteiger partial charge on any atom is -0.483 e. The number of rotatable bonds is 6. The number of halogens is 1. The molecule has 0 spiro atoms. The summed E-state index contributed by atoms with van der Waals surface area (Å²) in [6.07, 6.45) is 1.22. The van der Waals surface area contributed by atoms with Gasteiger partial charge in [0.2, 0.25) is 0 Å². The van der Waals surface area contributed by atoms with Gasteiger partial charge in [0.05, 0.1) is 16.6 Å². The van der Waals surface area contributed by atoms with Crippen molar-refractivity contribution in [3.05, 3.63) is 87.4 Å². The molecule has 3 heterocycles. The summed E-state index contributed by atoms with van der Waals surface area (Å²) in [5.41, 5.74) is 3.10. The van der Waals surface area contributed by atoms with Crippen LogP contribution in [0.15, 0.2) is 65.1 Å². The molecule has 6 nitrogen and oxygen atoms in total. The van der Waals surface area contributed by atoms with Crippen molar-refractivity contribution in [2.45, 2.75) is 25.8 Å². The maximum atomic E-state index is 13.5. The number of likely N-dealkylation sites (N-methyl/N-ethyl adjacent to an activating group) is 1. The Bertz CT molecular complexity index is 1240. The summed E-state index contributed by atoms with van der Waals surface area (Å²) >= 11 is 1.57. The first kappa shape index (κ1) is 22.3. The van der Waals surface area contributed by atoms with Crippen molar-refractivity contribution in [2.24, 2.45) is 5.10 Å². The molecule has 8 heteroatoms. The van der Waals surface area contributed by atoms with Crippen molar-refractivity contribution in [1.82, 2.24) is 9.91 Å². The molecule has 0 radical (unpaired) electrons. The Balaban J connectivity index is 1.37. The van der Waals surface area contributed by atoms with Crippen molar-refractivity contribution in [2.75, 3.05) is 19.7 Å². The SMILES string of the molecule is CCN1CCc2c(OCC(=O)N3N=C(c4cccs4)C[C@H]3c3ccc(F)cc3)cccc2C1=O. The first-order valence-electron chi connectivity index (χ1n) is 11.3. The van der Waals surface area contributed by atoms with E-state index in [2.05, 4.69) is 5.10 Å². The molecule has 0 N–H and O–H groups in total. The zero-order valence-corrected chi connectivity index (χ0v) is 19.6. The number of ether oxygens (including phenoxy) is 1. The first-order chi connectivity index (χ1) is 16.5. The standard InChI is InChI=1S/C26H24FN3O3S/c1-2-29-13-12-19-20(26(29)32)5-3-6-23(19)33-16-25(31)30-22(17-8-10-18(27)11-9-17)15-21(28-30)24-7-4-14-34-24/h3-11,14,22H,2,12-13,15-16H2,1H3/t22-/m0/s1. The number of hydrogen-bond donors (Lipinski definition) is 0. The van der Waals surface area contributed by atoms with Gasteiger partial charge in [-0.2, -0.15) is 5.10 Å². The van der Waals surface area contributed by atoms with Gasteiger partial charge in [0.15, 0.2) is 6.61 Å². The van der Waals surface area contributed by atoms with E-state index < -0.39 is 0 Å². The number of hydrogen-bond acceptors (Lipinski definition) is 5. The molecule has 2 amide bonds. The van der Waals surface area contributed by atoms with Gasteiger partial charge in [0.1, 0.15) is 11.6 Å². The summed E-state index contributed by atoms with van der Waals surface area (Å²) in [5.74, 6) is -0.0835. The summed E-state index contributed by atoms with van der Waals surface area (Å²) in [6, 6.07) is 15.1. The Kier molecular flexibility index (Phi) is 6.15. The second kappa shape index (κ2) is 9.38. The lowest BCUT2D eigenvalue weighted by molar-refractivity contribution is -0.135. The first-order valence-corrected chi connectivity index (χ1v) is 12.2. The fraction of sp³-hybridized carbons (Fsp3) is 0.269. The number of amides is 2. The number of carbonyl (C=O) groups excluding carboxylic acids is 2. The number of fused-ring (bicyclic) bond motifs is 1. The molecule has 2 aliphatic rings. The fourth-order valence-corrected chi connectivity index (χ4v) is 5.18. The predicted molar refractivity (Wildman–Crippen MR) is 129 cm³/mol. The molecule has 1 atom stereocenters. The second-order valence-electron chi connectivity index (χ2n) is 8.24. The van der Waals surface area contributed by atoms with E-state index in [1.165, 1.54) is 17.1 Å². The second-order valence-corrected chi connectivity index (χ2v) is 9.19. The highest BCUT2D eigenvalue weighted by molar-refractivity contribution is 7.12. The number of nitrogens with zero attached hydrogens (tertiary/aromatic N) is 3. The quantitative estimate of drug-likeness (QED) is 0.519. The van der Waals surface area contributed by atoms with E-state index in [1.54, 1.807) is 46.6 Å². The van der Waals surface area contributed by atoms with Crippen LogP contribution in [0.5, 0.6) is 5.75 Å². The molecule has 1 aromatic heterocycles. The van der Waals surface area contributed by atoms with E-state index in [-0.39, 0.29) is 30.3 Å². The summed E-state index contributed by atoms with van der Waals surface area (Å²) in [4.78, 5) is 28.7. The zero-order valence-electron chi connectivity index (χ0n) is 18.7. The smallest absolute Gasteiger partial charge is 0.281 e. The molecular weight excluding hydrogens is 453 g/mol. The molecule has 174 valence electrons. The third-order valence-electron chi connectivity index (χ3n) is 6.24. The lowest BCUT2D eigenvalue weighted by atomic mass is 9.98. The van der Waals surface area contributed by atoms with Crippen LogP contribution in [0.4, 0.5) is 4.39 Å². The minimum absolute atomic E-state index is 0.0124. The van der Waals surface area contributed by atoms with Gasteiger partial charge in [-0.05, 0) is 54.6 Å². The van der Waals surface area contributed by atoms with Gasteiger partial charge < -0.3 is 9.64 Å². The molecule has 0 fully saturated rings. The number of thiophene rings is 1. The van der Waals surface area contributed by atoms with Crippen LogP contribution in [0.1, 0.15) is 45.7 Å². The molecule has 0 aliphatic carbocycles. The fourth-order valence-electron chi connectivity index (χ4n) is 4.46. The Morgan fingerprint density at radius 1 is 1.18 bits per heavy atom. The lowest BCUT2D eigenvalue weighted by Crippen LogP contribution is -2.37. The summed E-state index contributed by atoms with van der Waals surface area (Å²) in [7, 11) is 0. The van der Waals surface area contributed by atoms with Crippen LogP contribution in [0.25, 0.3) is 0 Å². The van der Waals surface area contributed by atoms with Crippen LogP contribution in [0.3, 0.4) is 0 Å². The van der Waals surface area contributed by atoms with E-state index in [4.69, 9.17) is 4.74 Å². The van der Waals surface area contributed by atoms with Gasteiger partial charge in [-0.15, -0.1) is 11.3 Å². The van der Waals surface area contributed by atoms with Crippen LogP contribution >= 0.6 is 11.3 Å². The van der Waals surface area contributed by atoms with E-state index in [9.17, 15) is 14.0 Å². The largest absolute Gasteiger partial charge is 0.483 e. The van der Waals surface area contributed by atoms with Gasteiger partial charge in [0.25, 0.3) is 11.8 Å². The maximum absolute atomic E-state index is 13.5.